The summed E-state index contributed by atoms with van der Waals surface area (Å²) in [5, 5.41) is 0. The lowest BCUT2D eigenvalue weighted by Gasteiger charge is -2.38. The van der Waals surface area contributed by atoms with Crippen molar-refractivity contribution >= 4 is 11.8 Å². The molecular formula is C23H28N2O3. The van der Waals surface area contributed by atoms with Gasteiger partial charge in [0.2, 0.25) is 5.91 Å². The Labute approximate surface area is 166 Å². The largest absolute Gasteiger partial charge is 0.380 e. The summed E-state index contributed by atoms with van der Waals surface area (Å²) < 4.78 is 5.11. The quantitative estimate of drug-likeness (QED) is 0.801. The second-order valence-electron chi connectivity index (χ2n) is 7.71. The van der Waals surface area contributed by atoms with Crippen LogP contribution in [0.25, 0.3) is 0 Å². The van der Waals surface area contributed by atoms with Crippen molar-refractivity contribution in [3.05, 3.63) is 71.3 Å². The predicted octanol–water partition coefficient (Wildman–Crippen LogP) is 3.10. The smallest absolute Gasteiger partial charge is 0.253 e. The first-order chi connectivity index (χ1) is 13.4. The second-order valence-corrected chi connectivity index (χ2v) is 7.71. The number of nitrogens with zero attached hydrogens (tertiary/aromatic N) is 2. The van der Waals surface area contributed by atoms with Crippen LogP contribution in [-0.2, 0) is 21.6 Å². The van der Waals surface area contributed by atoms with Gasteiger partial charge in [-0.3, -0.25) is 9.59 Å². The average Bonchev–Trinajstić information content (AvgIpc) is 2.74. The minimum Gasteiger partial charge on any atom is -0.380 e. The molecule has 3 rings (SSSR count). The zero-order chi connectivity index (χ0) is 20.1. The maximum atomic E-state index is 13.1. The Balaban J connectivity index is 1.60. The summed E-state index contributed by atoms with van der Waals surface area (Å²) in [4.78, 5) is 29.5. The van der Waals surface area contributed by atoms with Gasteiger partial charge in [-0.2, -0.15) is 0 Å². The van der Waals surface area contributed by atoms with Crippen LogP contribution in [-0.4, -0.2) is 54.9 Å². The fourth-order valence-electron chi connectivity index (χ4n) is 3.58. The van der Waals surface area contributed by atoms with Crippen LogP contribution in [0.5, 0.6) is 0 Å². The van der Waals surface area contributed by atoms with Crippen LogP contribution in [0.3, 0.4) is 0 Å². The second kappa shape index (κ2) is 8.57. The van der Waals surface area contributed by atoms with E-state index in [1.54, 1.807) is 7.11 Å². The van der Waals surface area contributed by atoms with E-state index in [9.17, 15) is 9.59 Å². The van der Waals surface area contributed by atoms with Crippen molar-refractivity contribution in [3.63, 3.8) is 0 Å². The third-order valence-corrected chi connectivity index (χ3v) is 5.40. The molecule has 0 unspecified atom stereocenters. The van der Waals surface area contributed by atoms with E-state index in [0.717, 1.165) is 11.1 Å². The molecule has 1 fully saturated rings. The average molecular weight is 380 g/mol. The molecule has 0 aliphatic carbocycles. The first-order valence-electron chi connectivity index (χ1n) is 9.65. The monoisotopic (exact) mass is 380 g/mol. The number of hydrogen-bond donors (Lipinski definition) is 0. The number of amides is 2. The van der Waals surface area contributed by atoms with E-state index in [4.69, 9.17) is 4.74 Å². The van der Waals surface area contributed by atoms with Crippen molar-refractivity contribution in [1.82, 2.24) is 9.80 Å². The maximum Gasteiger partial charge on any atom is 0.253 e. The normalized spacial score (nSPS) is 14.8. The molecule has 0 bridgehead atoms. The molecule has 2 aromatic rings. The summed E-state index contributed by atoms with van der Waals surface area (Å²) >= 11 is 0. The minimum atomic E-state index is -0.579. The number of carbonyl (C=O) groups excluding carboxylic acids is 2. The molecular weight excluding hydrogens is 352 g/mol. The molecule has 28 heavy (non-hydrogen) atoms. The first-order valence-corrected chi connectivity index (χ1v) is 9.65. The molecule has 0 radical (unpaired) electrons. The van der Waals surface area contributed by atoms with Crippen LogP contribution in [0, 0.1) is 0 Å². The molecule has 5 nitrogen and oxygen atoms in total. The van der Waals surface area contributed by atoms with Crippen molar-refractivity contribution in [2.75, 3.05) is 33.3 Å². The molecule has 1 heterocycles. The Kier molecular flexibility index (Phi) is 6.15. The van der Waals surface area contributed by atoms with Gasteiger partial charge in [-0.05, 0) is 37.1 Å². The highest BCUT2D eigenvalue weighted by Gasteiger charge is 2.35. The summed E-state index contributed by atoms with van der Waals surface area (Å²) in [6.07, 6.45) is 0. The molecule has 2 amide bonds. The zero-order valence-corrected chi connectivity index (χ0v) is 16.9. The lowest BCUT2D eigenvalue weighted by molar-refractivity contribution is -0.137. The van der Waals surface area contributed by atoms with Crippen molar-refractivity contribution < 1.29 is 14.3 Å². The fraction of sp³-hybridized carbons (Fsp3) is 0.391. The van der Waals surface area contributed by atoms with Crippen molar-refractivity contribution in [2.24, 2.45) is 0 Å². The molecule has 0 spiro atoms. The lowest BCUT2D eigenvalue weighted by Crippen LogP contribution is -2.54. The van der Waals surface area contributed by atoms with Crippen molar-refractivity contribution in [1.29, 1.82) is 0 Å². The Morgan fingerprint density at radius 3 is 2.04 bits per heavy atom. The third kappa shape index (κ3) is 4.25. The summed E-state index contributed by atoms with van der Waals surface area (Å²) in [5.74, 6) is 0.119. The predicted molar refractivity (Wildman–Crippen MR) is 109 cm³/mol. The van der Waals surface area contributed by atoms with Gasteiger partial charge >= 0.3 is 0 Å². The van der Waals surface area contributed by atoms with E-state index in [-0.39, 0.29) is 11.8 Å². The van der Waals surface area contributed by atoms with Crippen LogP contribution in [0.1, 0.15) is 35.3 Å². The van der Waals surface area contributed by atoms with E-state index in [0.29, 0.717) is 38.3 Å². The maximum absolute atomic E-state index is 13.1. The Morgan fingerprint density at radius 2 is 1.46 bits per heavy atom. The van der Waals surface area contributed by atoms with E-state index >= 15 is 0 Å². The zero-order valence-electron chi connectivity index (χ0n) is 16.9. The van der Waals surface area contributed by atoms with E-state index in [1.165, 1.54) is 0 Å². The lowest BCUT2D eigenvalue weighted by atomic mass is 9.83. The SMILES string of the molecule is COCc1ccc(C(=O)N2CCN(C(=O)C(C)(C)c3ccccc3)CC2)cc1. The fourth-order valence-corrected chi connectivity index (χ4v) is 3.58. The van der Waals surface area contributed by atoms with Gasteiger partial charge in [-0.25, -0.2) is 0 Å². The van der Waals surface area contributed by atoms with Crippen LogP contribution in [0.2, 0.25) is 0 Å². The van der Waals surface area contributed by atoms with Crippen LogP contribution < -0.4 is 0 Å². The standard InChI is InChI=1S/C23H28N2O3/c1-23(2,20-7-5-4-6-8-20)22(27)25-15-13-24(14-16-25)21(26)19-11-9-18(10-12-19)17-28-3/h4-12H,13-17H2,1-3H3. The van der Waals surface area contributed by atoms with Gasteiger partial charge in [-0.1, -0.05) is 42.5 Å². The van der Waals surface area contributed by atoms with Crippen molar-refractivity contribution in [2.45, 2.75) is 25.9 Å². The summed E-state index contributed by atoms with van der Waals surface area (Å²) in [6.45, 7) is 6.68. The van der Waals surface area contributed by atoms with E-state index in [1.807, 2.05) is 78.2 Å². The Bertz CT molecular complexity index is 808. The van der Waals surface area contributed by atoms with Gasteiger partial charge in [0.05, 0.1) is 12.0 Å². The van der Waals surface area contributed by atoms with Crippen molar-refractivity contribution in [3.8, 4) is 0 Å². The molecule has 1 aliphatic heterocycles. The molecule has 1 aliphatic rings. The number of hydrogen-bond acceptors (Lipinski definition) is 3. The number of rotatable bonds is 5. The molecule has 2 aromatic carbocycles. The molecule has 5 heteroatoms. The molecule has 1 saturated heterocycles. The number of methoxy groups -OCH3 is 1. The highest BCUT2D eigenvalue weighted by atomic mass is 16.5. The minimum absolute atomic E-state index is 0.0124. The highest BCUT2D eigenvalue weighted by molar-refractivity contribution is 5.94. The summed E-state index contributed by atoms with van der Waals surface area (Å²) in [7, 11) is 1.65. The first kappa shape index (κ1) is 20.1. The van der Waals surface area contributed by atoms with Gasteiger partial charge < -0.3 is 14.5 Å². The van der Waals surface area contributed by atoms with Gasteiger partial charge in [0, 0.05) is 38.9 Å². The molecule has 0 aromatic heterocycles. The Hall–Kier alpha value is -2.66. The number of benzene rings is 2. The van der Waals surface area contributed by atoms with E-state index in [2.05, 4.69) is 0 Å². The summed E-state index contributed by atoms with van der Waals surface area (Å²) in [6, 6.07) is 17.4. The molecule has 0 N–H and O–H groups in total. The summed E-state index contributed by atoms with van der Waals surface area (Å²) in [5.41, 5.74) is 2.14. The van der Waals surface area contributed by atoms with E-state index < -0.39 is 5.41 Å². The number of ether oxygens (including phenoxy) is 1. The Morgan fingerprint density at radius 1 is 0.893 bits per heavy atom. The van der Waals surface area contributed by atoms with Gasteiger partial charge in [-0.15, -0.1) is 0 Å². The van der Waals surface area contributed by atoms with Crippen LogP contribution >= 0.6 is 0 Å². The highest BCUT2D eigenvalue weighted by Crippen LogP contribution is 2.26. The topological polar surface area (TPSA) is 49.9 Å². The molecule has 148 valence electrons. The van der Waals surface area contributed by atoms with Crippen LogP contribution in [0.4, 0.5) is 0 Å². The molecule has 0 saturated carbocycles. The van der Waals surface area contributed by atoms with Gasteiger partial charge in [0.1, 0.15) is 0 Å². The third-order valence-electron chi connectivity index (χ3n) is 5.40. The number of piperazine rings is 1. The number of carbonyl (C=O) groups is 2. The van der Waals surface area contributed by atoms with Crippen LogP contribution in [0.15, 0.2) is 54.6 Å². The van der Waals surface area contributed by atoms with Gasteiger partial charge in [0.15, 0.2) is 0 Å². The molecule has 0 atom stereocenters. The van der Waals surface area contributed by atoms with Gasteiger partial charge in [0.25, 0.3) is 5.91 Å².